The van der Waals surface area contributed by atoms with E-state index >= 15 is 0 Å². The second-order valence-corrected chi connectivity index (χ2v) is 6.56. The smallest absolute Gasteiger partial charge is 0.262 e. The molecule has 3 N–H and O–H groups in total. The molecule has 7 heteroatoms. The molecule has 0 spiro atoms. The summed E-state index contributed by atoms with van der Waals surface area (Å²) in [6.45, 7) is 1.70. The number of rotatable bonds is 4. The summed E-state index contributed by atoms with van der Waals surface area (Å²) in [6, 6.07) is 9.40. The lowest BCUT2D eigenvalue weighted by atomic mass is 10.2. The molecule has 2 aromatic carbocycles. The van der Waals surface area contributed by atoms with Gasteiger partial charge in [0.2, 0.25) is 0 Å². The maximum atomic E-state index is 12.5. The van der Waals surface area contributed by atoms with Crippen LogP contribution in [0.1, 0.15) is 5.56 Å². The second-order valence-electron chi connectivity index (χ2n) is 4.48. The van der Waals surface area contributed by atoms with E-state index in [1.165, 1.54) is 19.2 Å². The Bertz CT molecular complexity index is 776. The molecule has 5 nitrogen and oxygen atoms in total. The van der Waals surface area contributed by atoms with Crippen molar-refractivity contribution in [1.29, 1.82) is 0 Å². The zero-order valence-corrected chi connectivity index (χ0v) is 13.1. The fourth-order valence-electron chi connectivity index (χ4n) is 1.87. The van der Waals surface area contributed by atoms with Gasteiger partial charge in [0.05, 0.1) is 17.7 Å². The van der Waals surface area contributed by atoms with E-state index in [4.69, 9.17) is 22.1 Å². The fraction of sp³-hybridized carbons (Fsp3) is 0.143. The molecule has 21 heavy (non-hydrogen) atoms. The van der Waals surface area contributed by atoms with Gasteiger partial charge in [-0.25, -0.2) is 8.42 Å². The lowest BCUT2D eigenvalue weighted by Crippen LogP contribution is -2.15. The highest BCUT2D eigenvalue weighted by Crippen LogP contribution is 2.30. The maximum Gasteiger partial charge on any atom is 0.262 e. The molecule has 0 aliphatic rings. The quantitative estimate of drug-likeness (QED) is 0.846. The Hall–Kier alpha value is -1.92. The summed E-state index contributed by atoms with van der Waals surface area (Å²) in [7, 11) is -2.33. The van der Waals surface area contributed by atoms with Gasteiger partial charge < -0.3 is 10.5 Å². The number of nitrogens with one attached hydrogen (secondary N) is 1. The largest absolute Gasteiger partial charge is 0.495 e. The maximum absolute atomic E-state index is 12.5. The first kappa shape index (κ1) is 15.5. The fourth-order valence-corrected chi connectivity index (χ4v) is 3.38. The van der Waals surface area contributed by atoms with Crippen molar-refractivity contribution in [3.8, 4) is 5.75 Å². The third-order valence-electron chi connectivity index (χ3n) is 2.91. The molecule has 0 aromatic heterocycles. The molecule has 0 aliphatic heterocycles. The molecule has 2 aromatic rings. The van der Waals surface area contributed by atoms with Gasteiger partial charge >= 0.3 is 0 Å². The number of hydrogen-bond acceptors (Lipinski definition) is 4. The monoisotopic (exact) mass is 326 g/mol. The number of nitrogen functional groups attached to an aromatic ring is 1. The Balaban J connectivity index is 2.47. The van der Waals surface area contributed by atoms with Crippen LogP contribution in [0.3, 0.4) is 0 Å². The first-order valence-corrected chi connectivity index (χ1v) is 7.92. The Kier molecular flexibility index (Phi) is 4.29. The van der Waals surface area contributed by atoms with Crippen molar-refractivity contribution >= 4 is 33.0 Å². The van der Waals surface area contributed by atoms with Gasteiger partial charge in [-0.2, -0.15) is 0 Å². The molecule has 0 atom stereocenters. The number of hydrogen-bond donors (Lipinski definition) is 2. The van der Waals surface area contributed by atoms with E-state index in [0.717, 1.165) is 0 Å². The van der Waals surface area contributed by atoms with Gasteiger partial charge in [0, 0.05) is 10.7 Å². The summed E-state index contributed by atoms with van der Waals surface area (Å²) in [5, 5.41) is 0.401. The highest BCUT2D eigenvalue weighted by Gasteiger charge is 2.19. The summed E-state index contributed by atoms with van der Waals surface area (Å²) in [5.41, 5.74) is 6.90. The minimum Gasteiger partial charge on any atom is -0.495 e. The van der Waals surface area contributed by atoms with E-state index in [-0.39, 0.29) is 10.6 Å². The lowest BCUT2D eigenvalue weighted by Gasteiger charge is -2.14. The number of nitrogens with two attached hydrogens (primary N) is 1. The predicted molar refractivity (Wildman–Crippen MR) is 84.4 cm³/mol. The summed E-state index contributed by atoms with van der Waals surface area (Å²) in [5.74, 6) is 0.379. The lowest BCUT2D eigenvalue weighted by molar-refractivity contribution is 0.417. The molecule has 0 fully saturated rings. The second kappa shape index (κ2) is 5.83. The van der Waals surface area contributed by atoms with E-state index in [1.807, 2.05) is 0 Å². The number of ether oxygens (including phenoxy) is 1. The van der Waals surface area contributed by atoms with Crippen LogP contribution in [0.4, 0.5) is 11.4 Å². The van der Waals surface area contributed by atoms with Gasteiger partial charge in [-0.15, -0.1) is 0 Å². The van der Waals surface area contributed by atoms with E-state index in [9.17, 15) is 8.42 Å². The van der Waals surface area contributed by atoms with Crippen molar-refractivity contribution in [2.24, 2.45) is 0 Å². The van der Waals surface area contributed by atoms with Gasteiger partial charge in [0.1, 0.15) is 5.75 Å². The van der Waals surface area contributed by atoms with Crippen LogP contribution in [0.2, 0.25) is 5.02 Å². The minimum atomic E-state index is -3.78. The first-order valence-electron chi connectivity index (χ1n) is 6.06. The van der Waals surface area contributed by atoms with Crippen molar-refractivity contribution in [2.75, 3.05) is 17.6 Å². The number of sulfonamides is 1. The van der Waals surface area contributed by atoms with Gasteiger partial charge in [0.15, 0.2) is 0 Å². The Morgan fingerprint density at radius 2 is 1.90 bits per heavy atom. The number of anilines is 2. The third-order valence-corrected chi connectivity index (χ3v) is 4.65. The van der Waals surface area contributed by atoms with Crippen molar-refractivity contribution in [2.45, 2.75) is 11.8 Å². The van der Waals surface area contributed by atoms with Crippen LogP contribution in [0.15, 0.2) is 41.3 Å². The summed E-state index contributed by atoms with van der Waals surface area (Å²) >= 11 is 5.89. The molecule has 112 valence electrons. The molecule has 0 unspecified atom stereocenters. The molecule has 0 aliphatic carbocycles. The zero-order valence-electron chi connectivity index (χ0n) is 11.6. The van der Waals surface area contributed by atoms with Crippen LogP contribution in [0, 0.1) is 6.92 Å². The molecular formula is C14H15ClN2O3S. The van der Waals surface area contributed by atoms with Gasteiger partial charge in [-0.3, -0.25) is 4.72 Å². The minimum absolute atomic E-state index is 0.115. The van der Waals surface area contributed by atoms with Crippen LogP contribution < -0.4 is 15.2 Å². The summed E-state index contributed by atoms with van der Waals surface area (Å²) < 4.78 is 32.6. The Labute approximate surface area is 128 Å². The SMILES string of the molecule is COc1ccc(Cl)cc1NS(=O)(=O)c1cc(N)ccc1C. The summed E-state index contributed by atoms with van der Waals surface area (Å²) in [6.07, 6.45) is 0. The van der Waals surface area contributed by atoms with Crippen LogP contribution in [0.25, 0.3) is 0 Å². The van der Waals surface area contributed by atoms with E-state index < -0.39 is 10.0 Å². The molecule has 0 bridgehead atoms. The van der Waals surface area contributed by atoms with Crippen molar-refractivity contribution in [3.63, 3.8) is 0 Å². The van der Waals surface area contributed by atoms with Gasteiger partial charge in [-0.05, 0) is 42.8 Å². The van der Waals surface area contributed by atoms with Crippen LogP contribution >= 0.6 is 11.6 Å². The molecule has 0 radical (unpaired) electrons. The summed E-state index contributed by atoms with van der Waals surface area (Å²) in [4.78, 5) is 0.115. The Morgan fingerprint density at radius 3 is 2.57 bits per heavy atom. The molecule has 0 saturated carbocycles. The molecule has 0 heterocycles. The number of halogens is 1. The average Bonchev–Trinajstić information content (AvgIpc) is 2.41. The van der Waals surface area contributed by atoms with Crippen LogP contribution in [-0.2, 0) is 10.0 Å². The normalized spacial score (nSPS) is 11.2. The average molecular weight is 327 g/mol. The molecular weight excluding hydrogens is 312 g/mol. The third kappa shape index (κ3) is 3.40. The highest BCUT2D eigenvalue weighted by atomic mass is 35.5. The van der Waals surface area contributed by atoms with Crippen molar-refractivity contribution in [1.82, 2.24) is 0 Å². The van der Waals surface area contributed by atoms with Crippen LogP contribution in [-0.4, -0.2) is 15.5 Å². The molecule has 0 saturated heterocycles. The number of methoxy groups -OCH3 is 1. The van der Waals surface area contributed by atoms with Crippen molar-refractivity contribution in [3.05, 3.63) is 47.0 Å². The first-order chi connectivity index (χ1) is 9.83. The van der Waals surface area contributed by atoms with E-state index in [0.29, 0.717) is 22.0 Å². The topological polar surface area (TPSA) is 81.4 Å². The predicted octanol–water partition coefficient (Wildman–Crippen LogP) is 3.04. The van der Waals surface area contributed by atoms with Crippen LogP contribution in [0.5, 0.6) is 5.75 Å². The number of benzene rings is 2. The van der Waals surface area contributed by atoms with Crippen molar-refractivity contribution < 1.29 is 13.2 Å². The zero-order chi connectivity index (χ0) is 15.6. The van der Waals surface area contributed by atoms with Gasteiger partial charge in [-0.1, -0.05) is 17.7 Å². The number of aryl methyl sites for hydroxylation is 1. The van der Waals surface area contributed by atoms with E-state index in [2.05, 4.69) is 4.72 Å². The standard InChI is InChI=1S/C14H15ClN2O3S/c1-9-3-5-11(16)8-14(9)21(18,19)17-12-7-10(15)4-6-13(12)20-2/h3-8,17H,16H2,1-2H3. The Morgan fingerprint density at radius 1 is 1.19 bits per heavy atom. The highest BCUT2D eigenvalue weighted by molar-refractivity contribution is 7.92. The molecule has 2 rings (SSSR count). The van der Waals surface area contributed by atoms with E-state index in [1.54, 1.807) is 31.2 Å². The molecule has 0 amide bonds. The van der Waals surface area contributed by atoms with Gasteiger partial charge in [0.25, 0.3) is 10.0 Å².